The van der Waals surface area contributed by atoms with Crippen molar-refractivity contribution in [3.8, 4) is 0 Å². The third-order valence-electron chi connectivity index (χ3n) is 2.42. The fourth-order valence-electron chi connectivity index (χ4n) is 1.38. The van der Waals surface area contributed by atoms with Crippen molar-refractivity contribution in [2.75, 3.05) is 6.61 Å². The number of hydrogen-bond donors (Lipinski definition) is 0. The van der Waals surface area contributed by atoms with E-state index in [0.29, 0.717) is 0 Å². The number of alkyl halides is 3. The Hall–Kier alpha value is -1.04. The second kappa shape index (κ2) is 4.45. The lowest BCUT2D eigenvalue weighted by Gasteiger charge is -2.40. The minimum absolute atomic E-state index is 0.0468. The third kappa shape index (κ3) is 2.75. The van der Waals surface area contributed by atoms with Crippen LogP contribution in [0, 0.1) is 5.92 Å². The first-order valence-electron chi connectivity index (χ1n) is 4.78. The van der Waals surface area contributed by atoms with Gasteiger partial charge in [0.1, 0.15) is 6.10 Å². The van der Waals surface area contributed by atoms with E-state index < -0.39 is 30.3 Å². The van der Waals surface area contributed by atoms with Gasteiger partial charge >= 0.3 is 12.1 Å². The summed E-state index contributed by atoms with van der Waals surface area (Å²) >= 11 is 0. The normalized spacial score (nSPS) is 26.8. The smallest absolute Gasteiger partial charge is 0.415 e. The monoisotopic (exact) mass is 238 g/mol. The van der Waals surface area contributed by atoms with Crippen LogP contribution in [-0.2, 0) is 14.3 Å². The second-order valence-electron chi connectivity index (χ2n) is 3.85. The highest BCUT2D eigenvalue weighted by Gasteiger charge is 2.54. The van der Waals surface area contributed by atoms with Crippen molar-refractivity contribution in [2.24, 2.45) is 5.92 Å². The molecule has 1 heterocycles. The molecule has 16 heavy (non-hydrogen) atoms. The van der Waals surface area contributed by atoms with Crippen LogP contribution in [-0.4, -0.2) is 31.0 Å². The van der Waals surface area contributed by atoms with Gasteiger partial charge in [0.2, 0.25) is 0 Å². The summed E-state index contributed by atoms with van der Waals surface area (Å²) in [6.45, 7) is 6.17. The predicted molar refractivity (Wildman–Crippen MR) is 49.7 cm³/mol. The van der Waals surface area contributed by atoms with Gasteiger partial charge in [0, 0.05) is 5.57 Å². The zero-order valence-corrected chi connectivity index (χ0v) is 9.00. The number of hydrogen-bond acceptors (Lipinski definition) is 3. The van der Waals surface area contributed by atoms with E-state index in [4.69, 9.17) is 4.74 Å². The maximum absolute atomic E-state index is 12.3. The summed E-state index contributed by atoms with van der Waals surface area (Å²) in [6, 6.07) is 0. The van der Waals surface area contributed by atoms with Crippen molar-refractivity contribution < 1.29 is 27.4 Å². The lowest BCUT2D eigenvalue weighted by atomic mass is 9.92. The molecule has 1 fully saturated rings. The Kier molecular flexibility index (Phi) is 3.62. The van der Waals surface area contributed by atoms with Crippen molar-refractivity contribution in [1.29, 1.82) is 0 Å². The maximum atomic E-state index is 12.3. The molecule has 0 spiro atoms. The van der Waals surface area contributed by atoms with Crippen LogP contribution in [0.25, 0.3) is 0 Å². The molecule has 0 aromatic rings. The fraction of sp³-hybridized carbons (Fsp3) is 0.700. The Balaban J connectivity index is 2.53. The van der Waals surface area contributed by atoms with Crippen LogP contribution in [0.4, 0.5) is 13.2 Å². The Labute approximate surface area is 91.2 Å². The SMILES string of the molecule is C=C(C)C(=O)OC(C)C1COC1C(F)(F)F. The first kappa shape index (κ1) is 13.0. The number of carbonyl (C=O) groups is 1. The molecule has 92 valence electrons. The lowest BCUT2D eigenvalue weighted by Crippen LogP contribution is -2.54. The Morgan fingerprint density at radius 3 is 2.44 bits per heavy atom. The van der Waals surface area contributed by atoms with Gasteiger partial charge in [-0.15, -0.1) is 0 Å². The highest BCUT2D eigenvalue weighted by atomic mass is 19.4. The minimum Gasteiger partial charge on any atom is -0.459 e. The van der Waals surface area contributed by atoms with Crippen molar-refractivity contribution in [1.82, 2.24) is 0 Å². The Morgan fingerprint density at radius 2 is 2.12 bits per heavy atom. The zero-order chi connectivity index (χ0) is 12.5. The van der Waals surface area contributed by atoms with E-state index in [2.05, 4.69) is 11.3 Å². The summed E-state index contributed by atoms with van der Waals surface area (Å²) in [5, 5.41) is 0. The highest BCUT2D eigenvalue weighted by Crippen LogP contribution is 2.37. The highest BCUT2D eigenvalue weighted by molar-refractivity contribution is 5.87. The van der Waals surface area contributed by atoms with Gasteiger partial charge in [-0.1, -0.05) is 6.58 Å². The summed E-state index contributed by atoms with van der Waals surface area (Å²) in [5.74, 6) is -1.51. The molecule has 1 rings (SSSR count). The van der Waals surface area contributed by atoms with Gasteiger partial charge in [0.25, 0.3) is 0 Å². The minimum atomic E-state index is -4.41. The van der Waals surface area contributed by atoms with Gasteiger partial charge < -0.3 is 9.47 Å². The lowest BCUT2D eigenvalue weighted by molar-refractivity contribution is -0.301. The van der Waals surface area contributed by atoms with Gasteiger partial charge in [-0.2, -0.15) is 13.2 Å². The molecule has 1 aliphatic rings. The van der Waals surface area contributed by atoms with Crippen molar-refractivity contribution in [3.63, 3.8) is 0 Å². The standard InChI is InChI=1S/C10H13F3O3/c1-5(2)9(14)16-6(3)7-4-15-8(7)10(11,12)13/h6-8H,1,4H2,2-3H3. The first-order chi connectivity index (χ1) is 7.23. The van der Waals surface area contributed by atoms with E-state index in [9.17, 15) is 18.0 Å². The number of halogens is 3. The molecule has 0 aliphatic carbocycles. The molecule has 0 aromatic carbocycles. The summed E-state index contributed by atoms with van der Waals surface area (Å²) < 4.78 is 46.2. The molecule has 1 aliphatic heterocycles. The van der Waals surface area contributed by atoms with Crippen LogP contribution < -0.4 is 0 Å². The summed E-state index contributed by atoms with van der Waals surface area (Å²) in [7, 11) is 0. The van der Waals surface area contributed by atoms with Gasteiger partial charge in [-0.3, -0.25) is 0 Å². The van der Waals surface area contributed by atoms with E-state index in [-0.39, 0.29) is 12.2 Å². The van der Waals surface area contributed by atoms with Crippen LogP contribution in [0.15, 0.2) is 12.2 Å². The summed E-state index contributed by atoms with van der Waals surface area (Å²) in [5.41, 5.74) is 0.163. The van der Waals surface area contributed by atoms with Gasteiger partial charge in [0.05, 0.1) is 12.5 Å². The Bertz CT molecular complexity index is 298. The molecule has 0 saturated carbocycles. The predicted octanol–water partition coefficient (Wildman–Crippen LogP) is 2.07. The fourth-order valence-corrected chi connectivity index (χ4v) is 1.38. The van der Waals surface area contributed by atoms with Crippen LogP contribution in [0.5, 0.6) is 0 Å². The van der Waals surface area contributed by atoms with Gasteiger partial charge in [-0.25, -0.2) is 4.79 Å². The Morgan fingerprint density at radius 1 is 1.56 bits per heavy atom. The molecular weight excluding hydrogens is 225 g/mol. The molecule has 0 N–H and O–H groups in total. The number of ether oxygens (including phenoxy) is 2. The average Bonchev–Trinajstić information content (AvgIpc) is 1.97. The largest absolute Gasteiger partial charge is 0.459 e. The maximum Gasteiger partial charge on any atom is 0.415 e. The van der Waals surface area contributed by atoms with E-state index in [1.54, 1.807) is 0 Å². The molecule has 0 bridgehead atoms. The van der Waals surface area contributed by atoms with Crippen molar-refractivity contribution >= 4 is 5.97 Å². The third-order valence-corrected chi connectivity index (χ3v) is 2.42. The molecule has 3 atom stereocenters. The van der Waals surface area contributed by atoms with E-state index in [1.807, 2.05) is 0 Å². The van der Waals surface area contributed by atoms with E-state index >= 15 is 0 Å². The van der Waals surface area contributed by atoms with Crippen molar-refractivity contribution in [3.05, 3.63) is 12.2 Å². The topological polar surface area (TPSA) is 35.5 Å². The molecule has 1 saturated heterocycles. The van der Waals surface area contributed by atoms with Crippen LogP contribution in [0.3, 0.4) is 0 Å². The van der Waals surface area contributed by atoms with Crippen LogP contribution in [0.2, 0.25) is 0 Å². The summed E-state index contributed by atoms with van der Waals surface area (Å²) in [6.07, 6.45) is -7.07. The molecular formula is C10H13F3O3. The van der Waals surface area contributed by atoms with Gasteiger partial charge in [0.15, 0.2) is 6.10 Å². The zero-order valence-electron chi connectivity index (χ0n) is 9.00. The number of esters is 1. The van der Waals surface area contributed by atoms with Crippen LogP contribution in [0.1, 0.15) is 13.8 Å². The molecule has 0 aromatic heterocycles. The van der Waals surface area contributed by atoms with Crippen molar-refractivity contribution in [2.45, 2.75) is 32.2 Å². The average molecular weight is 238 g/mol. The summed E-state index contributed by atoms with van der Waals surface area (Å²) in [4.78, 5) is 11.1. The number of rotatable bonds is 3. The second-order valence-corrected chi connectivity index (χ2v) is 3.85. The molecule has 3 unspecified atom stereocenters. The molecule has 0 amide bonds. The quantitative estimate of drug-likeness (QED) is 0.557. The molecule has 3 nitrogen and oxygen atoms in total. The number of carbonyl (C=O) groups excluding carboxylic acids is 1. The van der Waals surface area contributed by atoms with Crippen LogP contribution >= 0.6 is 0 Å². The van der Waals surface area contributed by atoms with E-state index in [1.165, 1.54) is 13.8 Å². The molecule has 6 heteroatoms. The molecule has 0 radical (unpaired) electrons. The first-order valence-corrected chi connectivity index (χ1v) is 4.78. The van der Waals surface area contributed by atoms with E-state index in [0.717, 1.165) is 0 Å². The van der Waals surface area contributed by atoms with Gasteiger partial charge in [-0.05, 0) is 13.8 Å².